The van der Waals surface area contributed by atoms with Crippen molar-refractivity contribution in [3.8, 4) is 0 Å². The van der Waals surface area contributed by atoms with Crippen LogP contribution in [-0.4, -0.2) is 23.4 Å². The third-order valence-electron chi connectivity index (χ3n) is 4.66. The minimum absolute atomic E-state index is 0.0386. The molecule has 1 aliphatic rings. The Hall–Kier alpha value is -0.870. The van der Waals surface area contributed by atoms with Gasteiger partial charge in [0.1, 0.15) is 6.17 Å². The Bertz CT molecular complexity index is 453. The molecule has 2 unspecified atom stereocenters. The minimum Gasteiger partial charge on any atom is -0.321 e. The number of hydrogen-bond donors (Lipinski definition) is 1. The summed E-state index contributed by atoms with van der Waals surface area (Å²) in [4.78, 5) is 14.6. The van der Waals surface area contributed by atoms with Gasteiger partial charge in [0.15, 0.2) is 0 Å². The molecule has 1 fully saturated rings. The summed E-state index contributed by atoms with van der Waals surface area (Å²) in [5.41, 5.74) is 1.33. The van der Waals surface area contributed by atoms with Gasteiger partial charge in [0.25, 0.3) is 0 Å². The van der Waals surface area contributed by atoms with Crippen LogP contribution in [0.1, 0.15) is 52.8 Å². The van der Waals surface area contributed by atoms with Crippen molar-refractivity contribution in [3.63, 3.8) is 0 Å². The molecule has 20 heavy (non-hydrogen) atoms. The van der Waals surface area contributed by atoms with Crippen LogP contribution < -0.4 is 5.32 Å². The second-order valence-electron chi connectivity index (χ2n) is 6.70. The van der Waals surface area contributed by atoms with Crippen LogP contribution in [0.15, 0.2) is 16.8 Å². The lowest BCUT2D eigenvalue weighted by atomic mass is 9.80. The van der Waals surface area contributed by atoms with Crippen LogP contribution in [0.4, 0.5) is 0 Å². The summed E-state index contributed by atoms with van der Waals surface area (Å²) < 4.78 is 0. The highest BCUT2D eigenvalue weighted by atomic mass is 32.1. The Morgan fingerprint density at radius 1 is 1.45 bits per heavy atom. The lowest BCUT2D eigenvalue weighted by Crippen LogP contribution is -2.40. The highest BCUT2D eigenvalue weighted by Crippen LogP contribution is 2.34. The van der Waals surface area contributed by atoms with Crippen LogP contribution in [0.25, 0.3) is 0 Å². The lowest BCUT2D eigenvalue weighted by molar-refractivity contribution is -0.131. The third kappa shape index (κ3) is 2.91. The van der Waals surface area contributed by atoms with E-state index in [4.69, 9.17) is 0 Å². The maximum atomic E-state index is 12.6. The van der Waals surface area contributed by atoms with Gasteiger partial charge in [0.05, 0.1) is 6.04 Å². The fourth-order valence-corrected chi connectivity index (χ4v) is 3.15. The average Bonchev–Trinajstić information content (AvgIpc) is 2.99. The van der Waals surface area contributed by atoms with E-state index in [-0.39, 0.29) is 23.5 Å². The van der Waals surface area contributed by atoms with Gasteiger partial charge < -0.3 is 4.90 Å². The van der Waals surface area contributed by atoms with Gasteiger partial charge in [-0.1, -0.05) is 34.6 Å². The van der Waals surface area contributed by atoms with Crippen LogP contribution in [0.5, 0.6) is 0 Å². The molecule has 112 valence electrons. The lowest BCUT2D eigenvalue weighted by Gasteiger charge is -2.36. The fraction of sp³-hybridized carbons (Fsp3) is 0.688. The predicted molar refractivity (Wildman–Crippen MR) is 84.6 cm³/mol. The highest BCUT2D eigenvalue weighted by Gasteiger charge is 2.41. The predicted octanol–water partition coefficient (Wildman–Crippen LogP) is 3.64. The molecule has 0 spiro atoms. The van der Waals surface area contributed by atoms with Gasteiger partial charge in [-0.2, -0.15) is 11.3 Å². The topological polar surface area (TPSA) is 32.3 Å². The van der Waals surface area contributed by atoms with Crippen LogP contribution in [0, 0.1) is 11.3 Å². The number of amides is 1. The standard InChI is InChI=1S/C16H26N2OS/c1-6-13-15(19)18(10-16(4,5)11(2)3)14(17-13)12-7-8-20-9-12/h7-9,11,13-14,17H,6,10H2,1-5H3. The van der Waals surface area contributed by atoms with E-state index in [9.17, 15) is 4.79 Å². The van der Waals surface area contributed by atoms with Gasteiger partial charge in [0, 0.05) is 6.54 Å². The minimum atomic E-state index is -0.0390. The van der Waals surface area contributed by atoms with E-state index >= 15 is 0 Å². The normalized spacial score (nSPS) is 23.9. The van der Waals surface area contributed by atoms with E-state index in [2.05, 4.69) is 56.8 Å². The maximum Gasteiger partial charge on any atom is 0.241 e. The number of nitrogens with one attached hydrogen (secondary N) is 1. The molecule has 1 amide bonds. The summed E-state index contributed by atoms with van der Waals surface area (Å²) in [5, 5.41) is 7.70. The fourth-order valence-electron chi connectivity index (χ4n) is 2.47. The average molecular weight is 294 g/mol. The van der Waals surface area contributed by atoms with Crippen molar-refractivity contribution in [1.29, 1.82) is 0 Å². The molecule has 4 heteroatoms. The van der Waals surface area contributed by atoms with Crippen molar-refractivity contribution in [3.05, 3.63) is 22.4 Å². The number of rotatable bonds is 5. The first kappa shape index (κ1) is 15.5. The molecular formula is C16H26N2OS. The summed E-state index contributed by atoms with van der Waals surface area (Å²) >= 11 is 1.68. The van der Waals surface area contributed by atoms with Crippen LogP contribution in [0.3, 0.4) is 0 Å². The summed E-state index contributed by atoms with van der Waals surface area (Å²) in [7, 11) is 0. The summed E-state index contributed by atoms with van der Waals surface area (Å²) in [6.07, 6.45) is 0.884. The molecule has 2 atom stereocenters. The summed E-state index contributed by atoms with van der Waals surface area (Å²) in [5.74, 6) is 0.788. The molecule has 0 radical (unpaired) electrons. The Balaban J connectivity index is 2.24. The van der Waals surface area contributed by atoms with Crippen molar-refractivity contribution >= 4 is 17.2 Å². The second-order valence-corrected chi connectivity index (χ2v) is 7.48. The SMILES string of the molecule is CCC1NC(c2ccsc2)N(CC(C)(C)C(C)C)C1=O. The molecular weight excluding hydrogens is 268 g/mol. The van der Waals surface area contributed by atoms with Gasteiger partial charge in [-0.15, -0.1) is 0 Å². The molecule has 1 aromatic heterocycles. The van der Waals surface area contributed by atoms with Gasteiger partial charge in [-0.05, 0) is 40.1 Å². The Labute approximate surface area is 126 Å². The zero-order valence-electron chi connectivity index (χ0n) is 13.1. The molecule has 3 nitrogen and oxygen atoms in total. The van der Waals surface area contributed by atoms with Crippen molar-refractivity contribution in [2.45, 2.75) is 53.2 Å². The monoisotopic (exact) mass is 294 g/mol. The van der Waals surface area contributed by atoms with E-state index in [1.54, 1.807) is 11.3 Å². The van der Waals surface area contributed by atoms with Crippen LogP contribution in [-0.2, 0) is 4.79 Å². The highest BCUT2D eigenvalue weighted by molar-refractivity contribution is 7.07. The zero-order chi connectivity index (χ0) is 14.9. The Morgan fingerprint density at radius 3 is 2.65 bits per heavy atom. The largest absolute Gasteiger partial charge is 0.321 e. The molecule has 1 N–H and O–H groups in total. The number of thiophene rings is 1. The summed E-state index contributed by atoms with van der Waals surface area (Å²) in [6.45, 7) is 11.8. The number of hydrogen-bond acceptors (Lipinski definition) is 3. The van der Waals surface area contributed by atoms with Gasteiger partial charge in [0.2, 0.25) is 5.91 Å². The molecule has 0 aliphatic carbocycles. The first-order valence-electron chi connectivity index (χ1n) is 7.45. The quantitative estimate of drug-likeness (QED) is 0.899. The van der Waals surface area contributed by atoms with Crippen LogP contribution >= 0.6 is 11.3 Å². The van der Waals surface area contributed by atoms with Crippen molar-refractivity contribution in [1.82, 2.24) is 10.2 Å². The van der Waals surface area contributed by atoms with Gasteiger partial charge in [-0.25, -0.2) is 0 Å². The molecule has 1 aliphatic heterocycles. The molecule has 0 aromatic carbocycles. The molecule has 2 rings (SSSR count). The Kier molecular flexibility index (Phi) is 4.55. The number of carbonyl (C=O) groups is 1. The van der Waals surface area contributed by atoms with E-state index in [0.717, 1.165) is 13.0 Å². The third-order valence-corrected chi connectivity index (χ3v) is 5.36. The molecule has 0 saturated carbocycles. The molecule has 1 saturated heterocycles. The van der Waals surface area contributed by atoms with E-state index < -0.39 is 0 Å². The van der Waals surface area contributed by atoms with Crippen LogP contribution in [0.2, 0.25) is 0 Å². The van der Waals surface area contributed by atoms with Gasteiger partial charge in [-0.3, -0.25) is 10.1 Å². The smallest absolute Gasteiger partial charge is 0.241 e. The molecule has 0 bridgehead atoms. The first-order chi connectivity index (χ1) is 9.36. The van der Waals surface area contributed by atoms with E-state index in [1.165, 1.54) is 5.56 Å². The van der Waals surface area contributed by atoms with Crippen molar-refractivity contribution in [2.24, 2.45) is 11.3 Å². The maximum absolute atomic E-state index is 12.6. The van der Waals surface area contributed by atoms with Crippen molar-refractivity contribution in [2.75, 3.05) is 6.54 Å². The first-order valence-corrected chi connectivity index (χ1v) is 8.39. The molecule has 1 aromatic rings. The number of carbonyl (C=O) groups excluding carboxylic acids is 1. The van der Waals surface area contributed by atoms with Gasteiger partial charge >= 0.3 is 0 Å². The summed E-state index contributed by atoms with van der Waals surface area (Å²) in [6, 6.07) is 2.08. The van der Waals surface area contributed by atoms with E-state index in [1.807, 2.05) is 4.90 Å². The molecule has 2 heterocycles. The zero-order valence-corrected chi connectivity index (χ0v) is 14.0. The van der Waals surface area contributed by atoms with Crippen molar-refractivity contribution < 1.29 is 4.79 Å². The Morgan fingerprint density at radius 2 is 2.15 bits per heavy atom. The van der Waals surface area contributed by atoms with E-state index in [0.29, 0.717) is 5.92 Å². The number of nitrogens with zero attached hydrogens (tertiary/aromatic N) is 1. The second kappa shape index (κ2) is 5.86.